The van der Waals surface area contributed by atoms with Gasteiger partial charge in [0.25, 0.3) is 0 Å². The zero-order valence-electron chi connectivity index (χ0n) is 10.1. The Hall–Kier alpha value is -2.35. The van der Waals surface area contributed by atoms with E-state index in [1.165, 1.54) is 0 Å². The summed E-state index contributed by atoms with van der Waals surface area (Å²) in [5, 5.41) is 12.0. The number of hydrogen-bond donors (Lipinski definition) is 0. The second-order valence-electron chi connectivity index (χ2n) is 3.98. The van der Waals surface area contributed by atoms with Gasteiger partial charge in [-0.1, -0.05) is 42.5 Å². The van der Waals surface area contributed by atoms with Gasteiger partial charge in [-0.15, -0.1) is 6.58 Å². The molecule has 0 aliphatic rings. The summed E-state index contributed by atoms with van der Waals surface area (Å²) < 4.78 is 0.891. The minimum Gasteiger partial charge on any atom is -0.618 e. The van der Waals surface area contributed by atoms with Gasteiger partial charge < -0.3 is 5.21 Å². The fourth-order valence-corrected chi connectivity index (χ4v) is 1.78. The summed E-state index contributed by atoms with van der Waals surface area (Å²) in [5.74, 6) is 0. The lowest BCUT2D eigenvalue weighted by Crippen LogP contribution is -2.01. The maximum atomic E-state index is 12.0. The van der Waals surface area contributed by atoms with Crippen LogP contribution in [0.3, 0.4) is 0 Å². The lowest BCUT2D eigenvalue weighted by Gasteiger charge is -2.05. The standard InChI is InChI=1S/C16H15NO/c1-2-8-14-9-6-7-10-15(14)13-17(18)16-11-4-3-5-12-16/h2-7,9-13H,1,8H2. The SMILES string of the molecule is C=CCc1ccccc1C=[N+]([O-])c1ccccc1. The molecule has 18 heavy (non-hydrogen) atoms. The Morgan fingerprint density at radius 1 is 1.00 bits per heavy atom. The van der Waals surface area contributed by atoms with E-state index in [-0.39, 0.29) is 0 Å². The van der Waals surface area contributed by atoms with Crippen molar-refractivity contribution in [3.8, 4) is 0 Å². The smallest absolute Gasteiger partial charge is 0.216 e. The van der Waals surface area contributed by atoms with E-state index in [1.807, 2.05) is 48.5 Å². The lowest BCUT2D eigenvalue weighted by atomic mass is 10.1. The minimum atomic E-state index is 0.630. The predicted octanol–water partition coefficient (Wildman–Crippen LogP) is 3.68. The van der Waals surface area contributed by atoms with Crippen LogP contribution in [0.15, 0.2) is 67.3 Å². The number of allylic oxidation sites excluding steroid dienone is 1. The molecule has 90 valence electrons. The Balaban J connectivity index is 2.35. The molecular formula is C16H15NO. The molecule has 0 saturated carbocycles. The second-order valence-corrected chi connectivity index (χ2v) is 3.98. The zero-order chi connectivity index (χ0) is 12.8. The summed E-state index contributed by atoms with van der Waals surface area (Å²) in [6.45, 7) is 3.73. The number of hydrogen-bond acceptors (Lipinski definition) is 1. The van der Waals surface area contributed by atoms with Gasteiger partial charge in [0.1, 0.15) is 0 Å². The fourth-order valence-electron chi connectivity index (χ4n) is 1.78. The summed E-state index contributed by atoms with van der Waals surface area (Å²) in [6, 6.07) is 17.0. The van der Waals surface area contributed by atoms with E-state index >= 15 is 0 Å². The van der Waals surface area contributed by atoms with E-state index in [1.54, 1.807) is 18.3 Å². The van der Waals surface area contributed by atoms with E-state index in [9.17, 15) is 5.21 Å². The molecule has 2 aromatic rings. The van der Waals surface area contributed by atoms with Crippen LogP contribution in [-0.2, 0) is 6.42 Å². The second kappa shape index (κ2) is 5.82. The Morgan fingerprint density at radius 3 is 2.39 bits per heavy atom. The average Bonchev–Trinajstić information content (AvgIpc) is 2.42. The molecule has 0 atom stereocenters. The van der Waals surface area contributed by atoms with Gasteiger partial charge in [-0.2, -0.15) is 4.74 Å². The van der Waals surface area contributed by atoms with Crippen molar-refractivity contribution in [1.82, 2.24) is 0 Å². The quantitative estimate of drug-likeness (QED) is 0.262. The highest BCUT2D eigenvalue weighted by atomic mass is 16.5. The molecule has 0 heterocycles. The van der Waals surface area contributed by atoms with Crippen molar-refractivity contribution in [2.75, 3.05) is 0 Å². The normalized spacial score (nSPS) is 11.2. The number of benzene rings is 2. The van der Waals surface area contributed by atoms with Crippen molar-refractivity contribution >= 4 is 11.9 Å². The highest BCUT2D eigenvalue weighted by Crippen LogP contribution is 2.12. The molecule has 2 nitrogen and oxygen atoms in total. The predicted molar refractivity (Wildman–Crippen MR) is 75.2 cm³/mol. The molecule has 0 N–H and O–H groups in total. The van der Waals surface area contributed by atoms with Crippen LogP contribution in [0, 0.1) is 5.21 Å². The number of para-hydroxylation sites is 1. The van der Waals surface area contributed by atoms with Crippen LogP contribution in [0.2, 0.25) is 0 Å². The van der Waals surface area contributed by atoms with Crippen molar-refractivity contribution in [3.63, 3.8) is 0 Å². The lowest BCUT2D eigenvalue weighted by molar-refractivity contribution is -0.354. The van der Waals surface area contributed by atoms with Crippen LogP contribution in [0.4, 0.5) is 5.69 Å². The van der Waals surface area contributed by atoms with E-state index in [0.29, 0.717) is 5.69 Å². The van der Waals surface area contributed by atoms with Crippen molar-refractivity contribution in [3.05, 3.63) is 83.6 Å². The maximum absolute atomic E-state index is 12.0. The first-order chi connectivity index (χ1) is 8.81. The first-order valence-electron chi connectivity index (χ1n) is 5.86. The van der Waals surface area contributed by atoms with Gasteiger partial charge >= 0.3 is 0 Å². The molecule has 2 aromatic carbocycles. The van der Waals surface area contributed by atoms with E-state index in [0.717, 1.165) is 22.3 Å². The topological polar surface area (TPSA) is 26.1 Å². The van der Waals surface area contributed by atoms with Crippen LogP contribution in [0.1, 0.15) is 11.1 Å². The Labute approximate surface area is 107 Å². The Morgan fingerprint density at radius 2 is 1.67 bits per heavy atom. The first kappa shape index (κ1) is 12.1. The third-order valence-corrected chi connectivity index (χ3v) is 2.69. The molecule has 0 bridgehead atoms. The molecule has 2 rings (SSSR count). The molecule has 0 aliphatic heterocycles. The van der Waals surface area contributed by atoms with Gasteiger partial charge in [0.2, 0.25) is 5.69 Å². The molecule has 0 unspecified atom stereocenters. The van der Waals surface area contributed by atoms with Gasteiger partial charge in [0, 0.05) is 17.7 Å². The number of nitrogens with zero attached hydrogens (tertiary/aromatic N) is 1. The minimum absolute atomic E-state index is 0.630. The summed E-state index contributed by atoms with van der Waals surface area (Å²) in [5.41, 5.74) is 2.66. The monoisotopic (exact) mass is 237 g/mol. The number of rotatable bonds is 4. The molecule has 0 saturated heterocycles. The van der Waals surface area contributed by atoms with E-state index in [4.69, 9.17) is 0 Å². The summed E-state index contributed by atoms with van der Waals surface area (Å²) >= 11 is 0. The van der Waals surface area contributed by atoms with Gasteiger partial charge in [0.05, 0.1) is 0 Å². The molecule has 0 fully saturated rings. The van der Waals surface area contributed by atoms with E-state index in [2.05, 4.69) is 6.58 Å². The molecule has 0 aromatic heterocycles. The molecule has 0 radical (unpaired) electrons. The van der Waals surface area contributed by atoms with Gasteiger partial charge in [0.15, 0.2) is 6.21 Å². The van der Waals surface area contributed by atoms with Gasteiger partial charge in [-0.25, -0.2) is 0 Å². The fraction of sp³-hybridized carbons (Fsp3) is 0.0625. The Bertz CT molecular complexity index is 558. The summed E-state index contributed by atoms with van der Waals surface area (Å²) in [6.07, 6.45) is 4.20. The van der Waals surface area contributed by atoms with Crippen molar-refractivity contribution in [2.24, 2.45) is 0 Å². The highest BCUT2D eigenvalue weighted by molar-refractivity contribution is 5.79. The first-order valence-corrected chi connectivity index (χ1v) is 5.86. The van der Waals surface area contributed by atoms with Crippen LogP contribution in [0.25, 0.3) is 0 Å². The van der Waals surface area contributed by atoms with E-state index < -0.39 is 0 Å². The molecule has 0 spiro atoms. The Kier molecular flexibility index (Phi) is 3.92. The van der Waals surface area contributed by atoms with Crippen molar-refractivity contribution in [1.29, 1.82) is 0 Å². The molecule has 2 heteroatoms. The molecular weight excluding hydrogens is 222 g/mol. The highest BCUT2D eigenvalue weighted by Gasteiger charge is 2.03. The zero-order valence-corrected chi connectivity index (χ0v) is 10.1. The van der Waals surface area contributed by atoms with Crippen LogP contribution in [-0.4, -0.2) is 11.0 Å². The summed E-state index contributed by atoms with van der Waals surface area (Å²) in [4.78, 5) is 0. The molecule has 0 amide bonds. The van der Waals surface area contributed by atoms with Gasteiger partial charge in [-0.05, 0) is 18.1 Å². The van der Waals surface area contributed by atoms with Crippen molar-refractivity contribution in [2.45, 2.75) is 6.42 Å². The third kappa shape index (κ3) is 2.86. The van der Waals surface area contributed by atoms with Crippen LogP contribution in [0.5, 0.6) is 0 Å². The van der Waals surface area contributed by atoms with Crippen LogP contribution >= 0.6 is 0 Å². The third-order valence-electron chi connectivity index (χ3n) is 2.69. The summed E-state index contributed by atoms with van der Waals surface area (Å²) in [7, 11) is 0. The van der Waals surface area contributed by atoms with Crippen LogP contribution < -0.4 is 0 Å². The van der Waals surface area contributed by atoms with Gasteiger partial charge in [-0.3, -0.25) is 0 Å². The largest absolute Gasteiger partial charge is 0.618 e. The molecule has 0 aliphatic carbocycles. The maximum Gasteiger partial charge on any atom is 0.216 e. The average molecular weight is 237 g/mol. The van der Waals surface area contributed by atoms with Crippen molar-refractivity contribution < 1.29 is 4.74 Å².